The van der Waals surface area contributed by atoms with Gasteiger partial charge in [0.1, 0.15) is 5.75 Å². The molecule has 10 heteroatoms. The van der Waals surface area contributed by atoms with Crippen LogP contribution in [0.25, 0.3) is 22.9 Å². The maximum absolute atomic E-state index is 12.8. The van der Waals surface area contributed by atoms with Gasteiger partial charge >= 0.3 is 12.4 Å². The lowest BCUT2D eigenvalue weighted by atomic mass is 10.1. The first-order valence-electron chi connectivity index (χ1n) is 7.43. The zero-order chi connectivity index (χ0) is 19.7. The van der Waals surface area contributed by atoms with Crippen LogP contribution in [-0.4, -0.2) is 23.0 Å². The number of hydrogen-bond acceptors (Lipinski definition) is 4. The van der Waals surface area contributed by atoms with E-state index in [2.05, 4.69) is 14.9 Å². The summed E-state index contributed by atoms with van der Waals surface area (Å²) in [4.78, 5) is 0. The van der Waals surface area contributed by atoms with Crippen molar-refractivity contribution in [1.82, 2.24) is 10.2 Å². The fourth-order valence-electron chi connectivity index (χ4n) is 2.17. The van der Waals surface area contributed by atoms with Crippen LogP contribution >= 0.6 is 0 Å². The van der Waals surface area contributed by atoms with Crippen LogP contribution in [0.15, 0.2) is 52.9 Å². The van der Waals surface area contributed by atoms with Gasteiger partial charge in [0.25, 0.3) is 0 Å². The Balaban J connectivity index is 1.84. The van der Waals surface area contributed by atoms with Gasteiger partial charge in [-0.3, -0.25) is 0 Å². The average Bonchev–Trinajstić information content (AvgIpc) is 3.09. The highest BCUT2D eigenvalue weighted by Gasteiger charge is 2.31. The summed E-state index contributed by atoms with van der Waals surface area (Å²) in [6, 6.07) is 9.83. The molecule has 0 fully saturated rings. The molecule has 1 heterocycles. The van der Waals surface area contributed by atoms with Gasteiger partial charge in [-0.2, -0.15) is 26.3 Å². The van der Waals surface area contributed by atoms with E-state index in [4.69, 9.17) is 4.42 Å². The molecule has 0 unspecified atom stereocenters. The quantitative estimate of drug-likeness (QED) is 0.565. The number of hydrogen-bond donors (Lipinski definition) is 0. The van der Waals surface area contributed by atoms with Crippen LogP contribution in [0, 0.1) is 0 Å². The van der Waals surface area contributed by atoms with Crippen molar-refractivity contribution in [1.29, 1.82) is 0 Å². The molecule has 0 aliphatic carbocycles. The van der Waals surface area contributed by atoms with Crippen LogP contribution < -0.4 is 4.74 Å². The van der Waals surface area contributed by atoms with Crippen molar-refractivity contribution < 1.29 is 35.5 Å². The first-order chi connectivity index (χ1) is 12.6. The molecule has 4 nitrogen and oxygen atoms in total. The molecular formula is C17H10F6N2O2. The first-order valence-corrected chi connectivity index (χ1v) is 7.43. The predicted octanol–water partition coefficient (Wildman–Crippen LogP) is 5.36. The number of alkyl halides is 6. The lowest BCUT2D eigenvalue weighted by Crippen LogP contribution is -2.19. The predicted molar refractivity (Wildman–Crippen MR) is 81.7 cm³/mol. The van der Waals surface area contributed by atoms with E-state index in [1.165, 1.54) is 36.4 Å². The fourth-order valence-corrected chi connectivity index (χ4v) is 2.17. The number of halogens is 6. The van der Waals surface area contributed by atoms with Crippen molar-refractivity contribution in [3.63, 3.8) is 0 Å². The highest BCUT2D eigenvalue weighted by Crippen LogP contribution is 2.33. The second-order valence-corrected chi connectivity index (χ2v) is 5.42. The second-order valence-electron chi connectivity index (χ2n) is 5.42. The van der Waals surface area contributed by atoms with Gasteiger partial charge in [-0.05, 0) is 36.4 Å². The third kappa shape index (κ3) is 4.78. The summed E-state index contributed by atoms with van der Waals surface area (Å²) in [5, 5.41) is 7.43. The van der Waals surface area contributed by atoms with Gasteiger partial charge in [0.2, 0.25) is 11.8 Å². The second kappa shape index (κ2) is 6.93. The standard InChI is InChI=1S/C17H10F6N2O2/c18-16(19,20)9-26-13-6-2-4-11(8-13)15-25-24-14(27-15)10-3-1-5-12(7-10)17(21,22)23/h1-8H,9H2. The van der Waals surface area contributed by atoms with Gasteiger partial charge in [0.15, 0.2) is 6.61 Å². The number of aromatic nitrogens is 2. The van der Waals surface area contributed by atoms with Crippen LogP contribution in [0.5, 0.6) is 5.75 Å². The average molecular weight is 388 g/mol. The molecule has 27 heavy (non-hydrogen) atoms. The van der Waals surface area contributed by atoms with Crippen molar-refractivity contribution in [2.24, 2.45) is 0 Å². The molecule has 142 valence electrons. The Kier molecular flexibility index (Phi) is 4.81. The Morgan fingerprint density at radius 3 is 2.00 bits per heavy atom. The molecule has 2 aromatic carbocycles. The maximum atomic E-state index is 12.8. The SMILES string of the molecule is FC(F)(F)COc1cccc(-c2nnc(-c3cccc(C(F)(F)F)c3)o2)c1. The van der Waals surface area contributed by atoms with Gasteiger partial charge < -0.3 is 9.15 Å². The van der Waals surface area contributed by atoms with Gasteiger partial charge in [-0.15, -0.1) is 10.2 Å². The van der Waals surface area contributed by atoms with Crippen molar-refractivity contribution in [3.8, 4) is 28.7 Å². The van der Waals surface area contributed by atoms with Gasteiger partial charge in [0, 0.05) is 11.1 Å². The molecule has 3 aromatic rings. The Morgan fingerprint density at radius 1 is 0.815 bits per heavy atom. The molecule has 0 radical (unpaired) electrons. The zero-order valence-electron chi connectivity index (χ0n) is 13.3. The van der Waals surface area contributed by atoms with Crippen LogP contribution in [0.4, 0.5) is 26.3 Å². The lowest BCUT2D eigenvalue weighted by molar-refractivity contribution is -0.153. The third-order valence-corrected chi connectivity index (χ3v) is 3.35. The summed E-state index contributed by atoms with van der Waals surface area (Å²) in [6.45, 7) is -1.46. The Morgan fingerprint density at radius 2 is 1.41 bits per heavy atom. The topological polar surface area (TPSA) is 48.2 Å². The van der Waals surface area contributed by atoms with Gasteiger partial charge in [-0.25, -0.2) is 0 Å². The minimum Gasteiger partial charge on any atom is -0.484 e. The first kappa shape index (κ1) is 18.7. The molecule has 0 atom stereocenters. The molecule has 0 bridgehead atoms. The van der Waals surface area contributed by atoms with E-state index >= 15 is 0 Å². The molecule has 0 amide bonds. The summed E-state index contributed by atoms with van der Waals surface area (Å²) in [5.41, 5.74) is -0.546. The van der Waals surface area contributed by atoms with Crippen LogP contribution in [0.1, 0.15) is 5.56 Å². The third-order valence-electron chi connectivity index (χ3n) is 3.35. The van der Waals surface area contributed by atoms with E-state index in [-0.39, 0.29) is 28.7 Å². The van der Waals surface area contributed by atoms with Crippen molar-refractivity contribution in [2.75, 3.05) is 6.61 Å². The monoisotopic (exact) mass is 388 g/mol. The van der Waals surface area contributed by atoms with Crippen LogP contribution in [0.2, 0.25) is 0 Å². The number of nitrogens with zero attached hydrogens (tertiary/aromatic N) is 2. The zero-order valence-corrected chi connectivity index (χ0v) is 13.3. The largest absolute Gasteiger partial charge is 0.484 e. The summed E-state index contributed by atoms with van der Waals surface area (Å²) in [5.74, 6) is -0.291. The van der Waals surface area contributed by atoms with E-state index in [1.807, 2.05) is 0 Å². The summed E-state index contributed by atoms with van der Waals surface area (Å²) < 4.78 is 85.1. The molecule has 0 saturated carbocycles. The number of ether oxygens (including phenoxy) is 1. The van der Waals surface area contributed by atoms with Crippen molar-refractivity contribution in [3.05, 3.63) is 54.1 Å². The van der Waals surface area contributed by atoms with E-state index in [0.717, 1.165) is 12.1 Å². The minimum atomic E-state index is -4.52. The Labute approximate surface area is 148 Å². The molecule has 0 N–H and O–H groups in total. The highest BCUT2D eigenvalue weighted by molar-refractivity contribution is 5.59. The maximum Gasteiger partial charge on any atom is 0.422 e. The summed E-state index contributed by atoms with van der Waals surface area (Å²) in [6.07, 6.45) is -9.01. The molecule has 0 saturated heterocycles. The van der Waals surface area contributed by atoms with Gasteiger partial charge in [-0.1, -0.05) is 12.1 Å². The Bertz CT molecular complexity index is 933. The van der Waals surface area contributed by atoms with Crippen LogP contribution in [-0.2, 0) is 6.18 Å². The fraction of sp³-hybridized carbons (Fsp3) is 0.176. The number of benzene rings is 2. The normalized spacial score (nSPS) is 12.2. The van der Waals surface area contributed by atoms with E-state index in [1.54, 1.807) is 0 Å². The van der Waals surface area contributed by atoms with Gasteiger partial charge in [0.05, 0.1) is 5.56 Å². The van der Waals surface area contributed by atoms with E-state index < -0.39 is 24.5 Å². The summed E-state index contributed by atoms with van der Waals surface area (Å²) in [7, 11) is 0. The lowest BCUT2D eigenvalue weighted by Gasteiger charge is -2.09. The number of rotatable bonds is 4. The summed E-state index contributed by atoms with van der Waals surface area (Å²) >= 11 is 0. The van der Waals surface area contributed by atoms with Crippen molar-refractivity contribution >= 4 is 0 Å². The molecule has 3 rings (SSSR count). The molecule has 1 aromatic heterocycles. The highest BCUT2D eigenvalue weighted by atomic mass is 19.4. The Hall–Kier alpha value is -3.04. The van der Waals surface area contributed by atoms with E-state index in [0.29, 0.717) is 0 Å². The molecule has 0 aliphatic rings. The molecular weight excluding hydrogens is 378 g/mol. The van der Waals surface area contributed by atoms with Crippen LogP contribution in [0.3, 0.4) is 0 Å². The molecule has 0 aliphatic heterocycles. The van der Waals surface area contributed by atoms with E-state index in [9.17, 15) is 26.3 Å². The molecule has 0 spiro atoms. The smallest absolute Gasteiger partial charge is 0.422 e. The minimum absolute atomic E-state index is 0.0630. The van der Waals surface area contributed by atoms with Crippen molar-refractivity contribution in [2.45, 2.75) is 12.4 Å².